The lowest BCUT2D eigenvalue weighted by Gasteiger charge is -2.19. The highest BCUT2D eigenvalue weighted by atomic mass is 16.4. The van der Waals surface area contributed by atoms with Gasteiger partial charge in [-0.1, -0.05) is 146 Å². The Balaban J connectivity index is 1.06. The Morgan fingerprint density at radius 2 is 0.741 bits per heavy atom. The van der Waals surface area contributed by atoms with Crippen LogP contribution in [0.15, 0.2) is 191 Å². The lowest BCUT2D eigenvalue weighted by Crippen LogP contribution is -1.92. The highest BCUT2D eigenvalue weighted by Crippen LogP contribution is 2.47. The minimum atomic E-state index is 0.790. The van der Waals surface area contributed by atoms with Crippen LogP contribution in [-0.2, 0) is 0 Å². The third-order valence-electron chi connectivity index (χ3n) is 11.4. The largest absolute Gasteiger partial charge is 0.452 e. The molecule has 10 aromatic carbocycles. The predicted molar refractivity (Wildman–Crippen MR) is 227 cm³/mol. The second-order valence-corrected chi connectivity index (χ2v) is 14.3. The molecule has 0 radical (unpaired) electrons. The first kappa shape index (κ1) is 29.4. The van der Waals surface area contributed by atoms with Crippen molar-refractivity contribution in [1.82, 2.24) is 0 Å². The molecule has 0 aliphatic heterocycles. The van der Waals surface area contributed by atoms with Crippen LogP contribution in [0.2, 0.25) is 0 Å². The van der Waals surface area contributed by atoms with E-state index in [4.69, 9.17) is 8.83 Å². The first-order chi connectivity index (χ1) is 26.8. The monoisotopic (exact) mass is 686 g/mol. The number of fused-ring (bicyclic) bond motifs is 11. The molecule has 0 aliphatic rings. The fourth-order valence-corrected chi connectivity index (χ4v) is 9.02. The molecule has 0 atom stereocenters. The topological polar surface area (TPSA) is 26.3 Å². The summed E-state index contributed by atoms with van der Waals surface area (Å²) in [4.78, 5) is 0. The van der Waals surface area contributed by atoms with Crippen molar-refractivity contribution in [3.05, 3.63) is 182 Å². The van der Waals surface area contributed by atoms with Crippen molar-refractivity contribution >= 4 is 87.0 Å². The van der Waals surface area contributed by atoms with E-state index in [1.54, 1.807) is 0 Å². The van der Waals surface area contributed by atoms with Crippen molar-refractivity contribution < 1.29 is 8.83 Å². The fourth-order valence-electron chi connectivity index (χ4n) is 9.02. The minimum absolute atomic E-state index is 0.790. The lowest BCUT2D eigenvalue weighted by molar-refractivity contribution is 0.633. The van der Waals surface area contributed by atoms with Gasteiger partial charge in [0.25, 0.3) is 0 Å². The number of furan rings is 2. The SMILES string of the molecule is c1ccc(-c2c3ccccc3c(-c3ccc(-c4ccc5c(c4)oc4c5ccc5c6cc7ccccc7cc6oc54)c4ccccc34)c3ccccc23)cc1. The van der Waals surface area contributed by atoms with Gasteiger partial charge in [0.15, 0.2) is 11.2 Å². The van der Waals surface area contributed by atoms with Gasteiger partial charge in [-0.25, -0.2) is 0 Å². The molecule has 2 heteroatoms. The van der Waals surface area contributed by atoms with Crippen LogP contribution in [0.25, 0.3) is 120 Å². The van der Waals surface area contributed by atoms with Crippen LogP contribution in [0.4, 0.5) is 0 Å². The molecule has 2 aromatic heterocycles. The summed E-state index contributed by atoms with van der Waals surface area (Å²) in [6.45, 7) is 0. The van der Waals surface area contributed by atoms with Gasteiger partial charge in [-0.2, -0.15) is 0 Å². The van der Waals surface area contributed by atoms with Gasteiger partial charge in [-0.15, -0.1) is 0 Å². The van der Waals surface area contributed by atoms with Crippen LogP contribution >= 0.6 is 0 Å². The quantitative estimate of drug-likeness (QED) is 0.173. The van der Waals surface area contributed by atoms with E-state index >= 15 is 0 Å². The molecule has 0 spiro atoms. The summed E-state index contributed by atoms with van der Waals surface area (Å²) in [6.07, 6.45) is 0. The number of benzene rings is 10. The average Bonchev–Trinajstić information content (AvgIpc) is 3.79. The smallest absolute Gasteiger partial charge is 0.178 e. The molecule has 0 saturated carbocycles. The summed E-state index contributed by atoms with van der Waals surface area (Å²) in [5, 5.41) is 14.1. The van der Waals surface area contributed by atoms with Gasteiger partial charge in [0.05, 0.1) is 0 Å². The van der Waals surface area contributed by atoms with E-state index in [9.17, 15) is 0 Å². The van der Waals surface area contributed by atoms with E-state index in [1.165, 1.54) is 70.9 Å². The predicted octanol–water partition coefficient (Wildman–Crippen LogP) is 15.1. The van der Waals surface area contributed by atoms with E-state index in [0.29, 0.717) is 0 Å². The van der Waals surface area contributed by atoms with Crippen LogP contribution < -0.4 is 0 Å². The Bertz CT molecular complexity index is 3430. The van der Waals surface area contributed by atoms with Crippen LogP contribution in [0, 0.1) is 0 Å². The second-order valence-electron chi connectivity index (χ2n) is 14.3. The Morgan fingerprint density at radius 3 is 1.41 bits per heavy atom. The van der Waals surface area contributed by atoms with Crippen molar-refractivity contribution in [2.45, 2.75) is 0 Å². The van der Waals surface area contributed by atoms with Gasteiger partial charge in [0.1, 0.15) is 11.2 Å². The summed E-state index contributed by atoms with van der Waals surface area (Å²) < 4.78 is 13.2. The van der Waals surface area contributed by atoms with Crippen molar-refractivity contribution in [1.29, 1.82) is 0 Å². The Kier molecular flexibility index (Phi) is 6.09. The Morgan fingerprint density at radius 1 is 0.259 bits per heavy atom. The zero-order valence-electron chi connectivity index (χ0n) is 29.1. The molecule has 54 heavy (non-hydrogen) atoms. The molecule has 0 fully saturated rings. The summed E-state index contributed by atoms with van der Waals surface area (Å²) in [6, 6.07) is 65.7. The highest BCUT2D eigenvalue weighted by molar-refractivity contribution is 6.25. The number of hydrogen-bond acceptors (Lipinski definition) is 2. The molecule has 12 aromatic rings. The van der Waals surface area contributed by atoms with Gasteiger partial charge in [0.2, 0.25) is 0 Å². The van der Waals surface area contributed by atoms with E-state index in [1.807, 2.05) is 0 Å². The molecule has 0 saturated heterocycles. The molecule has 0 N–H and O–H groups in total. The Hall–Kier alpha value is -7.16. The molecular weight excluding hydrogens is 657 g/mol. The van der Waals surface area contributed by atoms with Gasteiger partial charge in [-0.05, 0) is 113 Å². The molecule has 250 valence electrons. The normalized spacial score (nSPS) is 12.1. The van der Waals surface area contributed by atoms with Crippen molar-refractivity contribution in [3.63, 3.8) is 0 Å². The van der Waals surface area contributed by atoms with Crippen molar-refractivity contribution in [3.8, 4) is 33.4 Å². The van der Waals surface area contributed by atoms with Crippen LogP contribution in [-0.4, -0.2) is 0 Å². The maximum Gasteiger partial charge on any atom is 0.178 e. The van der Waals surface area contributed by atoms with Crippen molar-refractivity contribution in [2.75, 3.05) is 0 Å². The van der Waals surface area contributed by atoms with Gasteiger partial charge in [-0.3, -0.25) is 0 Å². The molecule has 0 unspecified atom stereocenters. The van der Waals surface area contributed by atoms with E-state index in [2.05, 4.69) is 182 Å². The fraction of sp³-hybridized carbons (Fsp3) is 0. The van der Waals surface area contributed by atoms with Crippen LogP contribution in [0.1, 0.15) is 0 Å². The first-order valence-corrected chi connectivity index (χ1v) is 18.5. The maximum atomic E-state index is 6.71. The molecule has 2 nitrogen and oxygen atoms in total. The summed E-state index contributed by atoms with van der Waals surface area (Å²) in [5.41, 5.74) is 10.6. The molecule has 12 rings (SSSR count). The zero-order chi connectivity index (χ0) is 35.3. The summed E-state index contributed by atoms with van der Waals surface area (Å²) in [7, 11) is 0. The van der Waals surface area contributed by atoms with E-state index in [-0.39, 0.29) is 0 Å². The summed E-state index contributed by atoms with van der Waals surface area (Å²) >= 11 is 0. The molecule has 0 amide bonds. The maximum absolute atomic E-state index is 6.71. The first-order valence-electron chi connectivity index (χ1n) is 18.5. The van der Waals surface area contributed by atoms with Gasteiger partial charge in [0, 0.05) is 21.5 Å². The lowest BCUT2D eigenvalue weighted by atomic mass is 9.84. The molecule has 0 aliphatic carbocycles. The van der Waals surface area contributed by atoms with E-state index in [0.717, 1.165) is 49.4 Å². The molecule has 2 heterocycles. The van der Waals surface area contributed by atoms with E-state index < -0.39 is 0 Å². The number of hydrogen-bond donors (Lipinski definition) is 0. The van der Waals surface area contributed by atoms with Gasteiger partial charge >= 0.3 is 0 Å². The van der Waals surface area contributed by atoms with Gasteiger partial charge < -0.3 is 8.83 Å². The zero-order valence-corrected chi connectivity index (χ0v) is 29.1. The summed E-state index contributed by atoms with van der Waals surface area (Å²) in [5.74, 6) is 0. The standard InChI is InChI=1S/C52H30O2/c1-2-12-31(13-3-1)49-39-18-8-10-20-41(39)50(42-21-11-9-19-40(42)49)43-25-24-35(36-16-6-7-17-37(36)43)34-22-23-38-44-26-27-45-46-28-32-14-4-5-15-33(32)29-48(46)54-52(45)51(44)53-47(38)30-34/h1-30H. The van der Waals surface area contributed by atoms with Crippen molar-refractivity contribution in [2.24, 2.45) is 0 Å². The van der Waals surface area contributed by atoms with Crippen LogP contribution in [0.3, 0.4) is 0 Å². The third kappa shape index (κ3) is 4.17. The highest BCUT2D eigenvalue weighted by Gasteiger charge is 2.20. The molecular formula is C52H30O2. The number of rotatable bonds is 3. The van der Waals surface area contributed by atoms with Crippen LogP contribution in [0.5, 0.6) is 0 Å². The third-order valence-corrected chi connectivity index (χ3v) is 11.4. The average molecular weight is 687 g/mol. The second kappa shape index (κ2) is 11.2. The minimum Gasteiger partial charge on any atom is -0.452 e. The molecule has 0 bridgehead atoms. The Labute approximate surface area is 310 Å².